The largest absolute Gasteiger partial charge is 0.265 e. The Kier molecular flexibility index (Phi) is 3.58. The zero-order chi connectivity index (χ0) is 15.7. The van der Waals surface area contributed by atoms with Gasteiger partial charge in [-0.25, -0.2) is 17.6 Å². The third-order valence-electron chi connectivity index (χ3n) is 3.20. The van der Waals surface area contributed by atoms with Gasteiger partial charge in [0, 0.05) is 24.8 Å². The predicted molar refractivity (Wildman–Crippen MR) is 72.7 cm³/mol. The second kappa shape index (κ2) is 5.55. The van der Waals surface area contributed by atoms with Crippen molar-refractivity contribution >= 4 is 0 Å². The van der Waals surface area contributed by atoms with E-state index in [1.54, 1.807) is 0 Å². The fourth-order valence-electron chi connectivity index (χ4n) is 2.18. The van der Waals surface area contributed by atoms with Crippen molar-refractivity contribution in [2.45, 2.75) is 0 Å². The minimum absolute atomic E-state index is 0.00378. The molecule has 2 aromatic heterocycles. The van der Waals surface area contributed by atoms with Crippen molar-refractivity contribution in [1.29, 1.82) is 0 Å². The summed E-state index contributed by atoms with van der Waals surface area (Å²) >= 11 is 0. The molecule has 3 rings (SSSR count). The van der Waals surface area contributed by atoms with Crippen LogP contribution in [0.3, 0.4) is 0 Å². The summed E-state index contributed by atoms with van der Waals surface area (Å²) in [5.41, 5.74) is -1.50. The maximum atomic E-state index is 14.3. The van der Waals surface area contributed by atoms with Gasteiger partial charge >= 0.3 is 0 Å². The van der Waals surface area contributed by atoms with Crippen molar-refractivity contribution in [2.24, 2.45) is 0 Å². The first-order valence-corrected chi connectivity index (χ1v) is 6.28. The Hall–Kier alpha value is -2.76. The fourth-order valence-corrected chi connectivity index (χ4v) is 2.18. The quantitative estimate of drug-likeness (QED) is 0.519. The van der Waals surface area contributed by atoms with Crippen molar-refractivity contribution in [2.75, 3.05) is 0 Å². The molecule has 0 aliphatic rings. The molecule has 0 spiro atoms. The van der Waals surface area contributed by atoms with E-state index in [0.29, 0.717) is 0 Å². The van der Waals surface area contributed by atoms with E-state index in [4.69, 9.17) is 0 Å². The number of pyridine rings is 2. The topological polar surface area (TPSA) is 25.8 Å². The fraction of sp³-hybridized carbons (Fsp3) is 0. The molecule has 0 unspecified atom stereocenters. The minimum atomic E-state index is -1.45. The lowest BCUT2D eigenvalue weighted by molar-refractivity contribution is 0.463. The average molecular weight is 304 g/mol. The maximum absolute atomic E-state index is 14.3. The molecule has 1 aromatic carbocycles. The van der Waals surface area contributed by atoms with Gasteiger partial charge in [-0.15, -0.1) is 0 Å². The highest BCUT2D eigenvalue weighted by Crippen LogP contribution is 2.36. The highest BCUT2D eigenvalue weighted by atomic mass is 19.2. The SMILES string of the molecule is Fc1c(F)c(-c2ccncc2)c(F)c(F)c1-c1ccncc1. The highest BCUT2D eigenvalue weighted by Gasteiger charge is 2.26. The van der Waals surface area contributed by atoms with Crippen molar-refractivity contribution in [1.82, 2.24) is 9.97 Å². The number of halogens is 4. The van der Waals surface area contributed by atoms with Crippen LogP contribution in [-0.2, 0) is 0 Å². The average Bonchev–Trinajstić information content (AvgIpc) is 2.55. The van der Waals surface area contributed by atoms with E-state index in [1.807, 2.05) is 0 Å². The maximum Gasteiger partial charge on any atom is 0.170 e. The van der Waals surface area contributed by atoms with Gasteiger partial charge in [0.2, 0.25) is 0 Å². The first-order chi connectivity index (χ1) is 10.6. The molecule has 110 valence electrons. The Morgan fingerprint density at radius 1 is 0.500 bits per heavy atom. The van der Waals surface area contributed by atoms with Gasteiger partial charge in [0.1, 0.15) is 0 Å². The Labute approximate surface area is 123 Å². The van der Waals surface area contributed by atoms with Crippen LogP contribution in [0.15, 0.2) is 49.1 Å². The Morgan fingerprint density at radius 2 is 0.773 bits per heavy atom. The summed E-state index contributed by atoms with van der Waals surface area (Å²) in [7, 11) is 0. The van der Waals surface area contributed by atoms with Crippen LogP contribution in [0.4, 0.5) is 17.6 Å². The van der Waals surface area contributed by atoms with Crippen LogP contribution in [0.2, 0.25) is 0 Å². The summed E-state index contributed by atoms with van der Waals surface area (Å²) in [4.78, 5) is 7.40. The van der Waals surface area contributed by atoms with Crippen molar-refractivity contribution in [3.05, 3.63) is 72.3 Å². The molecule has 0 amide bonds. The molecule has 2 nitrogen and oxygen atoms in total. The number of aromatic nitrogens is 2. The lowest BCUT2D eigenvalue weighted by atomic mass is 9.98. The minimum Gasteiger partial charge on any atom is -0.265 e. The van der Waals surface area contributed by atoms with E-state index in [1.165, 1.54) is 49.1 Å². The lowest BCUT2D eigenvalue weighted by Gasteiger charge is -2.12. The number of rotatable bonds is 2. The van der Waals surface area contributed by atoms with Gasteiger partial charge in [0.05, 0.1) is 11.1 Å². The van der Waals surface area contributed by atoms with E-state index >= 15 is 0 Å². The highest BCUT2D eigenvalue weighted by molar-refractivity contribution is 5.72. The molecule has 3 aromatic rings. The van der Waals surface area contributed by atoms with Crippen LogP contribution >= 0.6 is 0 Å². The number of hydrogen-bond donors (Lipinski definition) is 0. The monoisotopic (exact) mass is 304 g/mol. The van der Waals surface area contributed by atoms with E-state index < -0.39 is 34.4 Å². The second-order valence-electron chi connectivity index (χ2n) is 4.48. The molecule has 0 atom stereocenters. The van der Waals surface area contributed by atoms with E-state index in [2.05, 4.69) is 9.97 Å². The molecule has 0 N–H and O–H groups in total. The van der Waals surface area contributed by atoms with Gasteiger partial charge in [-0.3, -0.25) is 9.97 Å². The predicted octanol–water partition coefficient (Wildman–Crippen LogP) is 4.37. The molecule has 6 heteroatoms. The summed E-state index contributed by atoms with van der Waals surface area (Å²) in [6.07, 6.45) is 5.11. The van der Waals surface area contributed by atoms with Gasteiger partial charge in [-0.2, -0.15) is 0 Å². The third kappa shape index (κ3) is 2.22. The Balaban J connectivity index is 2.31. The second-order valence-corrected chi connectivity index (χ2v) is 4.48. The summed E-state index contributed by atoms with van der Waals surface area (Å²) in [6, 6.07) is 5.08. The van der Waals surface area contributed by atoms with Gasteiger partial charge in [0.15, 0.2) is 23.3 Å². The number of hydrogen-bond acceptors (Lipinski definition) is 2. The summed E-state index contributed by atoms with van der Waals surface area (Å²) in [6.45, 7) is 0. The molecule has 0 radical (unpaired) electrons. The van der Waals surface area contributed by atoms with Crippen LogP contribution in [0.5, 0.6) is 0 Å². The third-order valence-corrected chi connectivity index (χ3v) is 3.20. The molecule has 0 aliphatic heterocycles. The first kappa shape index (κ1) is 14.2. The van der Waals surface area contributed by atoms with Crippen LogP contribution in [0, 0.1) is 23.3 Å². The number of benzene rings is 1. The zero-order valence-corrected chi connectivity index (χ0v) is 11.0. The van der Waals surface area contributed by atoms with Crippen LogP contribution in [0.1, 0.15) is 0 Å². The normalized spacial score (nSPS) is 10.7. The lowest BCUT2D eigenvalue weighted by Crippen LogP contribution is -2.03. The molecule has 0 saturated carbocycles. The summed E-state index contributed by atoms with van der Waals surface area (Å²) < 4.78 is 57.0. The summed E-state index contributed by atoms with van der Waals surface area (Å²) in [5, 5.41) is 0. The van der Waals surface area contributed by atoms with Gasteiger partial charge < -0.3 is 0 Å². The van der Waals surface area contributed by atoms with E-state index in [9.17, 15) is 17.6 Å². The van der Waals surface area contributed by atoms with E-state index in [0.717, 1.165) is 0 Å². The molecule has 2 heterocycles. The van der Waals surface area contributed by atoms with Gasteiger partial charge in [-0.1, -0.05) is 0 Å². The molecular formula is C16H8F4N2. The molecular weight excluding hydrogens is 296 g/mol. The van der Waals surface area contributed by atoms with Crippen molar-refractivity contribution in [3.8, 4) is 22.3 Å². The van der Waals surface area contributed by atoms with Gasteiger partial charge in [-0.05, 0) is 35.4 Å². The van der Waals surface area contributed by atoms with E-state index in [-0.39, 0.29) is 11.1 Å². The molecule has 0 aliphatic carbocycles. The van der Waals surface area contributed by atoms with Crippen LogP contribution < -0.4 is 0 Å². The zero-order valence-electron chi connectivity index (χ0n) is 11.0. The molecule has 22 heavy (non-hydrogen) atoms. The molecule has 0 saturated heterocycles. The molecule has 0 bridgehead atoms. The first-order valence-electron chi connectivity index (χ1n) is 6.28. The van der Waals surface area contributed by atoms with Crippen molar-refractivity contribution < 1.29 is 17.6 Å². The standard InChI is InChI=1S/C16H8F4N2/c17-13-11(9-1-5-21-6-2-9)14(18)16(20)12(15(13)19)10-3-7-22-8-4-10/h1-8H. The van der Waals surface area contributed by atoms with Gasteiger partial charge in [0.25, 0.3) is 0 Å². The number of nitrogens with zero attached hydrogens (tertiary/aromatic N) is 2. The molecule has 0 fully saturated rings. The Bertz CT molecular complexity index is 721. The smallest absolute Gasteiger partial charge is 0.170 e. The van der Waals surface area contributed by atoms with Crippen molar-refractivity contribution in [3.63, 3.8) is 0 Å². The summed E-state index contributed by atoms with van der Waals surface area (Å²) in [5.74, 6) is -5.79. The Morgan fingerprint density at radius 3 is 1.05 bits per heavy atom. The van der Waals surface area contributed by atoms with Crippen LogP contribution in [0.25, 0.3) is 22.3 Å². The van der Waals surface area contributed by atoms with Crippen LogP contribution in [-0.4, -0.2) is 9.97 Å².